The Morgan fingerprint density at radius 2 is 1.90 bits per heavy atom. The lowest BCUT2D eigenvalue weighted by atomic mass is 10.2. The highest BCUT2D eigenvalue weighted by molar-refractivity contribution is 9.11. The first kappa shape index (κ1) is 15.5. The van der Waals surface area contributed by atoms with Crippen molar-refractivity contribution in [3.05, 3.63) is 61.2 Å². The third kappa shape index (κ3) is 3.40. The Labute approximate surface area is 137 Å². The van der Waals surface area contributed by atoms with Crippen molar-refractivity contribution in [2.24, 2.45) is 0 Å². The summed E-state index contributed by atoms with van der Waals surface area (Å²) in [5.74, 6) is 0.0399. The minimum atomic E-state index is -0.484. The Bertz CT molecular complexity index is 639. The molecular weight excluding hydrogens is 414 g/mol. The summed E-state index contributed by atoms with van der Waals surface area (Å²) in [5, 5.41) is 0.0456. The second-order valence-electron chi connectivity index (χ2n) is 3.93. The fraction of sp³-hybridized carbons (Fsp3) is 0.0714. The third-order valence-corrected chi connectivity index (χ3v) is 4.16. The fourth-order valence-electron chi connectivity index (χ4n) is 1.60. The molecule has 0 aromatic heterocycles. The lowest BCUT2D eigenvalue weighted by molar-refractivity contribution is 0.112. The Balaban J connectivity index is 2.23. The lowest BCUT2D eigenvalue weighted by Gasteiger charge is -2.12. The predicted octanol–water partition coefficient (Wildman–Crippen LogP) is 5.40. The molecule has 0 radical (unpaired) electrons. The van der Waals surface area contributed by atoms with E-state index in [4.69, 9.17) is 16.3 Å². The van der Waals surface area contributed by atoms with Crippen molar-refractivity contribution in [1.82, 2.24) is 0 Å². The number of halogens is 4. The number of ether oxygens (including phenoxy) is 1. The van der Waals surface area contributed by atoms with Crippen molar-refractivity contribution < 1.29 is 13.9 Å². The van der Waals surface area contributed by atoms with Gasteiger partial charge in [-0.15, -0.1) is 0 Å². The first-order valence-electron chi connectivity index (χ1n) is 5.53. The van der Waals surface area contributed by atoms with Gasteiger partial charge in [0.05, 0.1) is 14.0 Å². The number of hydrogen-bond donors (Lipinski definition) is 0. The predicted molar refractivity (Wildman–Crippen MR) is 83.0 cm³/mol. The molecule has 0 spiro atoms. The van der Waals surface area contributed by atoms with Gasteiger partial charge >= 0.3 is 0 Å². The second-order valence-corrected chi connectivity index (χ2v) is 6.02. The summed E-state index contributed by atoms with van der Waals surface area (Å²) in [5.41, 5.74) is 1.06. The van der Waals surface area contributed by atoms with Crippen LogP contribution in [0.3, 0.4) is 0 Å². The molecule has 0 aliphatic carbocycles. The molecule has 0 saturated carbocycles. The molecule has 0 aliphatic rings. The number of carbonyl (C=O) groups is 1. The van der Waals surface area contributed by atoms with Crippen molar-refractivity contribution >= 4 is 49.7 Å². The van der Waals surface area contributed by atoms with Crippen molar-refractivity contribution in [2.45, 2.75) is 6.61 Å². The Kier molecular flexibility index (Phi) is 5.18. The van der Waals surface area contributed by atoms with Crippen LogP contribution in [-0.2, 0) is 6.61 Å². The van der Waals surface area contributed by atoms with Crippen molar-refractivity contribution in [1.29, 1.82) is 0 Å². The summed E-state index contributed by atoms with van der Waals surface area (Å²) in [6.07, 6.45) is 0.739. The summed E-state index contributed by atoms with van der Waals surface area (Å²) in [6.45, 7) is 0.119. The minimum Gasteiger partial charge on any atom is -0.486 e. The van der Waals surface area contributed by atoms with E-state index in [1.165, 1.54) is 6.07 Å². The number of benzene rings is 2. The molecule has 0 heterocycles. The van der Waals surface area contributed by atoms with Gasteiger partial charge in [-0.1, -0.05) is 23.7 Å². The molecule has 0 unspecified atom stereocenters. The molecular formula is C14H8Br2ClFO2. The van der Waals surface area contributed by atoms with Gasteiger partial charge in [0, 0.05) is 11.1 Å². The smallest absolute Gasteiger partial charge is 0.150 e. The summed E-state index contributed by atoms with van der Waals surface area (Å²) in [4.78, 5) is 10.7. The van der Waals surface area contributed by atoms with Gasteiger partial charge in [-0.05, 0) is 50.1 Å². The topological polar surface area (TPSA) is 26.3 Å². The van der Waals surface area contributed by atoms with Crippen molar-refractivity contribution in [3.63, 3.8) is 0 Å². The van der Waals surface area contributed by atoms with Crippen LogP contribution < -0.4 is 4.74 Å². The lowest BCUT2D eigenvalue weighted by Crippen LogP contribution is -1.99. The molecule has 2 aromatic rings. The van der Waals surface area contributed by atoms with Crippen LogP contribution in [0.2, 0.25) is 5.02 Å². The van der Waals surface area contributed by atoms with E-state index in [0.29, 0.717) is 25.8 Å². The Morgan fingerprint density at radius 1 is 1.25 bits per heavy atom. The quantitative estimate of drug-likeness (QED) is 0.617. The highest BCUT2D eigenvalue weighted by Gasteiger charge is 2.11. The van der Waals surface area contributed by atoms with Crippen LogP contribution in [-0.4, -0.2) is 6.29 Å². The van der Waals surface area contributed by atoms with Gasteiger partial charge in [0.25, 0.3) is 0 Å². The molecule has 104 valence electrons. The molecule has 0 atom stereocenters. The zero-order valence-electron chi connectivity index (χ0n) is 10.00. The van der Waals surface area contributed by atoms with Crippen LogP contribution >= 0.6 is 43.5 Å². The summed E-state index contributed by atoms with van der Waals surface area (Å²) >= 11 is 12.5. The van der Waals surface area contributed by atoms with Gasteiger partial charge in [0.15, 0.2) is 0 Å². The van der Waals surface area contributed by atoms with E-state index in [1.54, 1.807) is 24.3 Å². The van der Waals surface area contributed by atoms with Crippen LogP contribution in [0, 0.1) is 5.82 Å². The molecule has 0 amide bonds. The first-order chi connectivity index (χ1) is 9.52. The maximum atomic E-state index is 13.3. The average molecular weight is 422 g/mol. The van der Waals surface area contributed by atoms with Gasteiger partial charge < -0.3 is 4.74 Å². The monoisotopic (exact) mass is 420 g/mol. The van der Waals surface area contributed by atoms with Gasteiger partial charge in [-0.25, -0.2) is 4.39 Å². The standard InChI is InChI=1S/C14H8Br2ClFO2/c15-10-4-8(6-19)5-11(16)14(10)20-7-9-2-1-3-12(18)13(9)17/h1-6H,7H2. The molecule has 2 nitrogen and oxygen atoms in total. The zero-order chi connectivity index (χ0) is 14.7. The van der Waals surface area contributed by atoms with Crippen LogP contribution in [0.1, 0.15) is 15.9 Å². The molecule has 0 fully saturated rings. The van der Waals surface area contributed by atoms with E-state index in [2.05, 4.69) is 31.9 Å². The van der Waals surface area contributed by atoms with E-state index >= 15 is 0 Å². The SMILES string of the molecule is O=Cc1cc(Br)c(OCc2cccc(F)c2Cl)c(Br)c1. The summed E-state index contributed by atoms with van der Waals surface area (Å²) in [6, 6.07) is 7.82. The normalized spacial score (nSPS) is 10.4. The van der Waals surface area contributed by atoms with Crippen LogP contribution in [0.15, 0.2) is 39.3 Å². The molecule has 0 bridgehead atoms. The van der Waals surface area contributed by atoms with Gasteiger partial charge in [-0.2, -0.15) is 0 Å². The second kappa shape index (κ2) is 6.70. The van der Waals surface area contributed by atoms with Gasteiger partial charge in [0.2, 0.25) is 0 Å². The van der Waals surface area contributed by atoms with Gasteiger partial charge in [0.1, 0.15) is 24.5 Å². The Morgan fingerprint density at radius 3 is 2.50 bits per heavy atom. The number of hydrogen-bond acceptors (Lipinski definition) is 2. The molecule has 2 rings (SSSR count). The molecule has 0 saturated heterocycles. The van der Waals surface area contributed by atoms with E-state index in [1.807, 2.05) is 0 Å². The Hall–Kier alpha value is -0.910. The third-order valence-electron chi connectivity index (χ3n) is 2.56. The highest BCUT2D eigenvalue weighted by Crippen LogP contribution is 2.35. The number of aldehydes is 1. The molecule has 6 heteroatoms. The van der Waals surface area contributed by atoms with E-state index in [9.17, 15) is 9.18 Å². The molecule has 0 aliphatic heterocycles. The van der Waals surface area contributed by atoms with E-state index in [0.717, 1.165) is 6.29 Å². The summed E-state index contributed by atoms with van der Waals surface area (Å²) < 4.78 is 20.2. The largest absolute Gasteiger partial charge is 0.486 e. The average Bonchev–Trinajstić information content (AvgIpc) is 2.42. The number of rotatable bonds is 4. The van der Waals surface area contributed by atoms with Crippen LogP contribution in [0.25, 0.3) is 0 Å². The maximum absolute atomic E-state index is 13.3. The summed E-state index contributed by atoms with van der Waals surface area (Å²) in [7, 11) is 0. The number of carbonyl (C=O) groups excluding carboxylic acids is 1. The molecule has 2 aromatic carbocycles. The van der Waals surface area contributed by atoms with Crippen LogP contribution in [0.4, 0.5) is 4.39 Å². The zero-order valence-corrected chi connectivity index (χ0v) is 13.9. The maximum Gasteiger partial charge on any atom is 0.150 e. The highest BCUT2D eigenvalue weighted by atomic mass is 79.9. The fourth-order valence-corrected chi connectivity index (χ4v) is 3.23. The van der Waals surface area contributed by atoms with Crippen molar-refractivity contribution in [3.8, 4) is 5.75 Å². The first-order valence-corrected chi connectivity index (χ1v) is 7.49. The minimum absolute atomic E-state index is 0.0456. The molecule has 20 heavy (non-hydrogen) atoms. The van der Waals surface area contributed by atoms with E-state index < -0.39 is 5.82 Å². The van der Waals surface area contributed by atoms with Gasteiger partial charge in [-0.3, -0.25) is 4.79 Å². The molecule has 0 N–H and O–H groups in total. The van der Waals surface area contributed by atoms with E-state index in [-0.39, 0.29) is 11.6 Å². The van der Waals surface area contributed by atoms with Crippen molar-refractivity contribution in [2.75, 3.05) is 0 Å². The van der Waals surface area contributed by atoms with Crippen LogP contribution in [0.5, 0.6) is 5.75 Å².